The largest absolute Gasteiger partial charge is 0.597 e. The van der Waals surface area contributed by atoms with Crippen LogP contribution in [-0.2, 0) is 11.4 Å². The van der Waals surface area contributed by atoms with E-state index in [1.165, 1.54) is 5.56 Å². The highest BCUT2D eigenvalue weighted by Crippen LogP contribution is 2.49. The zero-order chi connectivity index (χ0) is 12.6. The second-order valence-electron chi connectivity index (χ2n) is 5.55. The van der Waals surface area contributed by atoms with Crippen molar-refractivity contribution in [3.8, 4) is 0 Å². The molecule has 0 radical (unpaired) electrons. The van der Waals surface area contributed by atoms with Crippen LogP contribution >= 0.6 is 0 Å². The van der Waals surface area contributed by atoms with Crippen LogP contribution in [0, 0.1) is 0 Å². The SMILES string of the molecule is CC[C@@H]1[C@H](c2ccccc2)N1[S@@+]([O-])C(C)(C)C. The number of hydrogen-bond donors (Lipinski definition) is 0. The van der Waals surface area contributed by atoms with Gasteiger partial charge in [-0.1, -0.05) is 37.3 Å². The summed E-state index contributed by atoms with van der Waals surface area (Å²) in [6.07, 6.45) is 1.06. The van der Waals surface area contributed by atoms with Crippen molar-refractivity contribution in [2.24, 2.45) is 0 Å². The molecule has 0 N–H and O–H groups in total. The van der Waals surface area contributed by atoms with Crippen molar-refractivity contribution in [2.45, 2.75) is 50.9 Å². The maximum Gasteiger partial charge on any atom is 0.137 e. The molecular weight excluding hydrogens is 230 g/mol. The minimum Gasteiger partial charge on any atom is -0.597 e. The average molecular weight is 251 g/mol. The van der Waals surface area contributed by atoms with Crippen LogP contribution in [0.1, 0.15) is 45.7 Å². The lowest BCUT2D eigenvalue weighted by Gasteiger charge is -2.24. The second-order valence-corrected chi connectivity index (χ2v) is 7.70. The fourth-order valence-corrected chi connectivity index (χ4v) is 3.78. The fraction of sp³-hybridized carbons (Fsp3) is 0.571. The molecule has 2 nitrogen and oxygen atoms in total. The van der Waals surface area contributed by atoms with E-state index >= 15 is 0 Å². The Labute approximate surface area is 107 Å². The molecule has 0 saturated carbocycles. The normalized spacial score (nSPS) is 30.1. The lowest BCUT2D eigenvalue weighted by Crippen LogP contribution is -2.34. The summed E-state index contributed by atoms with van der Waals surface area (Å²) in [5, 5.41) is 0. The van der Waals surface area contributed by atoms with Gasteiger partial charge in [0.2, 0.25) is 0 Å². The summed E-state index contributed by atoms with van der Waals surface area (Å²) in [6, 6.07) is 11.2. The Morgan fingerprint density at radius 3 is 2.29 bits per heavy atom. The van der Waals surface area contributed by atoms with Crippen LogP contribution in [0.25, 0.3) is 0 Å². The van der Waals surface area contributed by atoms with Gasteiger partial charge in [-0.15, -0.1) is 4.31 Å². The Bertz CT molecular complexity index is 374. The number of rotatable bonds is 3. The maximum atomic E-state index is 12.4. The molecule has 3 heteroatoms. The first-order chi connectivity index (χ1) is 7.96. The summed E-state index contributed by atoms with van der Waals surface area (Å²) in [5.74, 6) is 0. The summed E-state index contributed by atoms with van der Waals surface area (Å²) in [4.78, 5) is 0. The molecule has 1 saturated heterocycles. The van der Waals surface area contributed by atoms with Gasteiger partial charge >= 0.3 is 0 Å². The van der Waals surface area contributed by atoms with Crippen LogP contribution in [0.3, 0.4) is 0 Å². The molecule has 94 valence electrons. The Hall–Kier alpha value is -0.510. The quantitative estimate of drug-likeness (QED) is 0.608. The first-order valence-electron chi connectivity index (χ1n) is 6.22. The maximum absolute atomic E-state index is 12.4. The van der Waals surface area contributed by atoms with Gasteiger partial charge in [-0.05, 0) is 32.8 Å². The topological polar surface area (TPSA) is 26.1 Å². The monoisotopic (exact) mass is 251 g/mol. The van der Waals surface area contributed by atoms with Gasteiger partial charge in [0.05, 0.1) is 6.04 Å². The summed E-state index contributed by atoms with van der Waals surface area (Å²) >= 11 is -0.905. The van der Waals surface area contributed by atoms with Gasteiger partial charge in [-0.3, -0.25) is 0 Å². The van der Waals surface area contributed by atoms with Crippen LogP contribution < -0.4 is 0 Å². The van der Waals surface area contributed by atoms with E-state index in [2.05, 4.69) is 35.5 Å². The molecule has 0 amide bonds. The molecule has 1 aliphatic rings. The van der Waals surface area contributed by atoms with Crippen molar-refractivity contribution in [3.05, 3.63) is 35.9 Å². The standard InChI is InChI=1S/C14H21NOS/c1-5-12-13(11-9-7-6-8-10-11)15(12)17(16)14(2,3)4/h6-10,12-13H,5H2,1-4H3/t12-,13+,15?,17+/m1/s1. The van der Waals surface area contributed by atoms with E-state index in [4.69, 9.17) is 0 Å². The molecule has 4 atom stereocenters. The van der Waals surface area contributed by atoms with Crippen LogP contribution in [0.4, 0.5) is 0 Å². The molecule has 2 rings (SSSR count). The van der Waals surface area contributed by atoms with Crippen LogP contribution in [-0.4, -0.2) is 19.6 Å². The molecule has 0 aromatic heterocycles. The molecule has 1 aromatic rings. The number of nitrogens with zero attached hydrogens (tertiary/aromatic N) is 1. The molecule has 1 aromatic carbocycles. The molecule has 0 aliphatic carbocycles. The average Bonchev–Trinajstić information content (AvgIpc) is 3.02. The summed E-state index contributed by atoms with van der Waals surface area (Å²) in [7, 11) is 0. The van der Waals surface area contributed by atoms with Gasteiger partial charge in [0.25, 0.3) is 0 Å². The Morgan fingerprint density at radius 2 is 1.82 bits per heavy atom. The first kappa shape index (κ1) is 12.9. The minimum atomic E-state index is -0.905. The van der Waals surface area contributed by atoms with Crippen molar-refractivity contribution in [3.63, 3.8) is 0 Å². The van der Waals surface area contributed by atoms with Gasteiger partial charge in [0.1, 0.15) is 10.8 Å². The van der Waals surface area contributed by atoms with Crippen molar-refractivity contribution in [1.82, 2.24) is 4.31 Å². The van der Waals surface area contributed by atoms with Crippen molar-refractivity contribution >= 4 is 11.4 Å². The van der Waals surface area contributed by atoms with E-state index in [1.54, 1.807) is 0 Å². The highest BCUT2D eigenvalue weighted by Gasteiger charge is 2.58. The van der Waals surface area contributed by atoms with Gasteiger partial charge in [0.15, 0.2) is 0 Å². The lowest BCUT2D eigenvalue weighted by molar-refractivity contribution is 0.508. The summed E-state index contributed by atoms with van der Waals surface area (Å²) in [5.41, 5.74) is 1.29. The van der Waals surface area contributed by atoms with E-state index in [1.807, 2.05) is 26.8 Å². The zero-order valence-electron chi connectivity index (χ0n) is 11.0. The lowest BCUT2D eigenvalue weighted by atomic mass is 10.1. The van der Waals surface area contributed by atoms with E-state index in [9.17, 15) is 4.55 Å². The highest BCUT2D eigenvalue weighted by atomic mass is 32.2. The van der Waals surface area contributed by atoms with E-state index in [0.717, 1.165) is 6.42 Å². The first-order valence-corrected chi connectivity index (χ1v) is 7.32. The smallest absolute Gasteiger partial charge is 0.137 e. The summed E-state index contributed by atoms with van der Waals surface area (Å²) in [6.45, 7) is 8.28. The van der Waals surface area contributed by atoms with E-state index in [-0.39, 0.29) is 4.75 Å². The third kappa shape index (κ3) is 2.51. The Kier molecular flexibility index (Phi) is 3.53. The second kappa shape index (κ2) is 4.63. The van der Waals surface area contributed by atoms with Gasteiger partial charge < -0.3 is 4.55 Å². The van der Waals surface area contributed by atoms with E-state index in [0.29, 0.717) is 12.1 Å². The van der Waals surface area contributed by atoms with Crippen LogP contribution in [0.2, 0.25) is 0 Å². The molecule has 1 aliphatic heterocycles. The Morgan fingerprint density at radius 1 is 1.24 bits per heavy atom. The zero-order valence-corrected chi connectivity index (χ0v) is 11.8. The fourth-order valence-electron chi connectivity index (χ4n) is 2.22. The molecule has 0 spiro atoms. The number of benzene rings is 1. The number of hydrogen-bond acceptors (Lipinski definition) is 2. The van der Waals surface area contributed by atoms with Gasteiger partial charge in [-0.2, -0.15) is 0 Å². The predicted octanol–water partition coefficient (Wildman–Crippen LogP) is 3.28. The highest BCUT2D eigenvalue weighted by molar-refractivity contribution is 7.90. The molecular formula is C14H21NOS. The molecule has 0 bridgehead atoms. The van der Waals surface area contributed by atoms with E-state index < -0.39 is 11.4 Å². The molecule has 1 heterocycles. The third-order valence-electron chi connectivity index (χ3n) is 3.15. The Balaban J connectivity index is 2.16. The minimum absolute atomic E-state index is 0.170. The van der Waals surface area contributed by atoms with Crippen LogP contribution in [0.5, 0.6) is 0 Å². The predicted molar refractivity (Wildman–Crippen MR) is 73.0 cm³/mol. The molecule has 1 fully saturated rings. The third-order valence-corrected chi connectivity index (χ3v) is 5.08. The van der Waals surface area contributed by atoms with Crippen molar-refractivity contribution < 1.29 is 4.55 Å². The van der Waals surface area contributed by atoms with Crippen LogP contribution in [0.15, 0.2) is 30.3 Å². The molecule has 17 heavy (non-hydrogen) atoms. The van der Waals surface area contributed by atoms with Crippen molar-refractivity contribution in [1.29, 1.82) is 0 Å². The summed E-state index contributed by atoms with van der Waals surface area (Å²) < 4.78 is 14.4. The van der Waals surface area contributed by atoms with Gasteiger partial charge in [0, 0.05) is 11.4 Å². The van der Waals surface area contributed by atoms with Crippen molar-refractivity contribution in [2.75, 3.05) is 0 Å². The van der Waals surface area contributed by atoms with Gasteiger partial charge in [-0.25, -0.2) is 0 Å². The molecule has 1 unspecified atom stereocenters.